The number of anilines is 1. The van der Waals surface area contributed by atoms with Crippen LogP contribution < -0.4 is 15.0 Å². The molecular formula is C20H21BrN2O2S. The largest absolute Gasteiger partial charge is 0.490 e. The number of benzene rings is 2. The van der Waals surface area contributed by atoms with E-state index in [0.29, 0.717) is 16.4 Å². The van der Waals surface area contributed by atoms with E-state index in [1.807, 2.05) is 43.0 Å². The summed E-state index contributed by atoms with van der Waals surface area (Å²) < 4.78 is 6.58. The number of ether oxygens (including phenoxy) is 1. The Kier molecular flexibility index (Phi) is 5.94. The molecule has 0 atom stereocenters. The summed E-state index contributed by atoms with van der Waals surface area (Å²) in [5, 5.41) is 3.28. The highest BCUT2D eigenvalue weighted by molar-refractivity contribution is 9.10. The van der Waals surface area contributed by atoms with Gasteiger partial charge in [0.05, 0.1) is 11.7 Å². The monoisotopic (exact) mass is 432 g/mol. The van der Waals surface area contributed by atoms with Gasteiger partial charge < -0.3 is 9.64 Å². The number of nitrogens with zero attached hydrogens (tertiary/aromatic N) is 1. The minimum Gasteiger partial charge on any atom is -0.490 e. The molecule has 0 unspecified atom stereocenters. The maximum atomic E-state index is 12.8. The van der Waals surface area contributed by atoms with Crippen molar-refractivity contribution in [3.05, 3.63) is 58.1 Å². The molecule has 4 nitrogen and oxygen atoms in total. The van der Waals surface area contributed by atoms with Crippen molar-refractivity contribution in [3.8, 4) is 5.75 Å². The summed E-state index contributed by atoms with van der Waals surface area (Å²) in [6.45, 7) is 4.65. The van der Waals surface area contributed by atoms with Crippen molar-refractivity contribution in [1.29, 1.82) is 0 Å². The van der Waals surface area contributed by atoms with Crippen LogP contribution in [0.4, 0.5) is 5.69 Å². The Morgan fingerprint density at radius 2 is 2.04 bits per heavy atom. The first kappa shape index (κ1) is 18.9. The summed E-state index contributed by atoms with van der Waals surface area (Å²) in [6, 6.07) is 13.6. The number of carbonyl (C=O) groups is 1. The zero-order chi connectivity index (χ0) is 18.7. The van der Waals surface area contributed by atoms with Gasteiger partial charge in [0.15, 0.2) is 5.11 Å². The molecule has 1 N–H and O–H groups in total. The molecule has 0 bridgehead atoms. The second-order valence-electron chi connectivity index (χ2n) is 6.45. The fourth-order valence-electron chi connectivity index (χ4n) is 3.01. The second-order valence-corrected chi connectivity index (χ2v) is 7.75. The van der Waals surface area contributed by atoms with Crippen LogP contribution >= 0.6 is 28.1 Å². The lowest BCUT2D eigenvalue weighted by atomic mass is 10.0. The van der Waals surface area contributed by atoms with E-state index in [2.05, 4.69) is 27.3 Å². The van der Waals surface area contributed by atoms with Gasteiger partial charge >= 0.3 is 0 Å². The molecule has 136 valence electrons. The third-order valence-corrected chi connectivity index (χ3v) is 4.94. The third-order valence-electron chi connectivity index (χ3n) is 4.12. The van der Waals surface area contributed by atoms with Crippen LogP contribution in [-0.2, 0) is 6.42 Å². The van der Waals surface area contributed by atoms with Crippen LogP contribution in [-0.4, -0.2) is 23.7 Å². The molecule has 2 aromatic rings. The van der Waals surface area contributed by atoms with Crippen LogP contribution in [0.2, 0.25) is 0 Å². The topological polar surface area (TPSA) is 41.6 Å². The average Bonchev–Trinajstić information content (AvgIpc) is 2.62. The van der Waals surface area contributed by atoms with Crippen LogP contribution in [0.3, 0.4) is 0 Å². The van der Waals surface area contributed by atoms with Gasteiger partial charge in [-0.3, -0.25) is 10.1 Å². The van der Waals surface area contributed by atoms with E-state index < -0.39 is 0 Å². The predicted molar refractivity (Wildman–Crippen MR) is 112 cm³/mol. The number of thiocarbonyl (C=S) groups is 1. The van der Waals surface area contributed by atoms with E-state index in [-0.39, 0.29) is 12.0 Å². The summed E-state index contributed by atoms with van der Waals surface area (Å²) >= 11 is 8.95. The Bertz CT molecular complexity index is 838. The molecule has 0 aliphatic carbocycles. The van der Waals surface area contributed by atoms with Gasteiger partial charge in [-0.1, -0.05) is 34.1 Å². The Labute approximate surface area is 167 Å². The summed E-state index contributed by atoms with van der Waals surface area (Å²) in [7, 11) is 0. The molecule has 0 fully saturated rings. The van der Waals surface area contributed by atoms with Crippen molar-refractivity contribution in [1.82, 2.24) is 5.32 Å². The maximum Gasteiger partial charge on any atom is 0.261 e. The second kappa shape index (κ2) is 8.18. The molecule has 1 aliphatic heterocycles. The molecule has 0 saturated carbocycles. The highest BCUT2D eigenvalue weighted by Crippen LogP contribution is 2.27. The molecule has 0 radical (unpaired) electrons. The molecule has 6 heteroatoms. The van der Waals surface area contributed by atoms with E-state index in [1.165, 1.54) is 5.56 Å². The van der Waals surface area contributed by atoms with Crippen molar-refractivity contribution in [2.75, 3.05) is 11.4 Å². The van der Waals surface area contributed by atoms with Crippen molar-refractivity contribution in [3.63, 3.8) is 0 Å². The van der Waals surface area contributed by atoms with E-state index in [9.17, 15) is 4.79 Å². The molecule has 0 aromatic heterocycles. The van der Waals surface area contributed by atoms with Crippen LogP contribution in [0.5, 0.6) is 5.75 Å². The summed E-state index contributed by atoms with van der Waals surface area (Å²) in [5.74, 6) is 0.276. The maximum absolute atomic E-state index is 12.8. The number of halogens is 1. The number of fused-ring (bicyclic) bond motifs is 1. The zero-order valence-corrected chi connectivity index (χ0v) is 17.2. The van der Waals surface area contributed by atoms with E-state index >= 15 is 0 Å². The Balaban J connectivity index is 1.81. The Morgan fingerprint density at radius 3 is 2.81 bits per heavy atom. The zero-order valence-electron chi connectivity index (χ0n) is 14.8. The standard InChI is InChI=1S/C20H21BrN2O2S/c1-13(2)25-18-10-9-15(21)12-16(18)19(24)22-20(26)23-11-5-7-14-6-3-4-8-17(14)23/h3-4,6,8-10,12-13H,5,7,11H2,1-2H3,(H,22,24,26). The molecule has 1 aliphatic rings. The highest BCUT2D eigenvalue weighted by Gasteiger charge is 2.22. The number of para-hydroxylation sites is 1. The van der Waals surface area contributed by atoms with Crippen molar-refractivity contribution in [2.24, 2.45) is 0 Å². The van der Waals surface area contributed by atoms with E-state index in [0.717, 1.165) is 29.5 Å². The SMILES string of the molecule is CC(C)Oc1ccc(Br)cc1C(=O)NC(=S)N1CCCc2ccccc21. The fraction of sp³-hybridized carbons (Fsp3) is 0.300. The summed E-state index contributed by atoms with van der Waals surface area (Å²) in [6.07, 6.45) is 2.01. The van der Waals surface area contributed by atoms with Gasteiger partial charge in [0.25, 0.3) is 5.91 Å². The normalized spacial score (nSPS) is 13.3. The van der Waals surface area contributed by atoms with Gasteiger partial charge in [0, 0.05) is 16.7 Å². The summed E-state index contributed by atoms with van der Waals surface area (Å²) in [5.41, 5.74) is 2.78. The van der Waals surface area contributed by atoms with Crippen molar-refractivity contribution >= 4 is 44.9 Å². The number of aryl methyl sites for hydroxylation is 1. The average molecular weight is 433 g/mol. The van der Waals surface area contributed by atoms with Crippen LogP contribution in [0.15, 0.2) is 46.9 Å². The number of carbonyl (C=O) groups excluding carboxylic acids is 1. The first-order chi connectivity index (χ1) is 12.5. The predicted octanol–water partition coefficient (Wildman–Crippen LogP) is 4.70. The van der Waals surface area contributed by atoms with E-state index in [4.69, 9.17) is 17.0 Å². The molecule has 26 heavy (non-hydrogen) atoms. The van der Waals surface area contributed by atoms with Crippen LogP contribution in [0.25, 0.3) is 0 Å². The molecule has 3 rings (SSSR count). The number of hydrogen-bond acceptors (Lipinski definition) is 3. The number of nitrogens with one attached hydrogen (secondary N) is 1. The van der Waals surface area contributed by atoms with Crippen molar-refractivity contribution < 1.29 is 9.53 Å². The van der Waals surface area contributed by atoms with E-state index in [1.54, 1.807) is 12.1 Å². The molecule has 2 aromatic carbocycles. The smallest absolute Gasteiger partial charge is 0.261 e. The first-order valence-electron chi connectivity index (χ1n) is 8.62. The van der Waals surface area contributed by atoms with Gasteiger partial charge in [-0.15, -0.1) is 0 Å². The van der Waals surface area contributed by atoms with Gasteiger partial charge in [0.2, 0.25) is 0 Å². The van der Waals surface area contributed by atoms with Crippen molar-refractivity contribution in [2.45, 2.75) is 32.8 Å². The lowest BCUT2D eigenvalue weighted by molar-refractivity contribution is 0.0971. The third kappa shape index (κ3) is 4.24. The highest BCUT2D eigenvalue weighted by atomic mass is 79.9. The fourth-order valence-corrected chi connectivity index (χ4v) is 3.66. The first-order valence-corrected chi connectivity index (χ1v) is 9.83. The molecule has 1 heterocycles. The lowest BCUT2D eigenvalue weighted by Gasteiger charge is -2.31. The molecule has 0 spiro atoms. The Hall–Kier alpha value is -1.92. The quantitative estimate of drug-likeness (QED) is 0.713. The number of amides is 1. The van der Waals surface area contributed by atoms with Gasteiger partial charge in [-0.05, 0) is 68.7 Å². The minimum absolute atomic E-state index is 0.0244. The number of rotatable bonds is 3. The number of hydrogen-bond donors (Lipinski definition) is 1. The lowest BCUT2D eigenvalue weighted by Crippen LogP contribution is -2.45. The molecular weight excluding hydrogens is 412 g/mol. The minimum atomic E-state index is -0.269. The van der Waals surface area contributed by atoms with Crippen LogP contribution in [0, 0.1) is 0 Å². The summed E-state index contributed by atoms with van der Waals surface area (Å²) in [4.78, 5) is 14.8. The van der Waals surface area contributed by atoms with Gasteiger partial charge in [0.1, 0.15) is 5.75 Å². The van der Waals surface area contributed by atoms with Gasteiger partial charge in [-0.25, -0.2) is 0 Å². The molecule has 0 saturated heterocycles. The Morgan fingerprint density at radius 1 is 1.27 bits per heavy atom. The van der Waals surface area contributed by atoms with Crippen LogP contribution in [0.1, 0.15) is 36.2 Å². The molecule has 1 amide bonds. The van der Waals surface area contributed by atoms with Gasteiger partial charge in [-0.2, -0.15) is 0 Å².